The molecule has 0 atom stereocenters. The maximum Gasteiger partial charge on any atom is 0.355 e. The summed E-state index contributed by atoms with van der Waals surface area (Å²) in [6, 6.07) is 16.2. The Bertz CT molecular complexity index is 1940. The number of carbonyl (C=O) groups is 1. The van der Waals surface area contributed by atoms with E-state index in [2.05, 4.69) is 4.98 Å². The van der Waals surface area contributed by atoms with Crippen LogP contribution in [0.15, 0.2) is 89.2 Å². The van der Waals surface area contributed by atoms with Crippen LogP contribution in [0.4, 0.5) is 8.78 Å². The van der Waals surface area contributed by atoms with Crippen LogP contribution in [0.2, 0.25) is 0 Å². The lowest BCUT2D eigenvalue weighted by molar-refractivity contribution is 0.0691. The molecule has 0 amide bonds. The van der Waals surface area contributed by atoms with E-state index in [1.165, 1.54) is 47.8 Å². The molecule has 2 aromatic heterocycles. The number of rotatable bonds is 8. The molecule has 12 heteroatoms. The lowest BCUT2D eigenvalue weighted by Gasteiger charge is -2.10. The smallest absolute Gasteiger partial charge is 0.355 e. The average Bonchev–Trinajstić information content (AvgIpc) is 3.52. The molecular weight excluding hydrogens is 570 g/mol. The number of nitrogens with two attached hydrogens (primary N) is 1. The Labute approximate surface area is 237 Å². The molecule has 0 bridgehead atoms. The number of carboxylic acids is 1. The van der Waals surface area contributed by atoms with Crippen molar-refractivity contribution in [1.82, 2.24) is 14.8 Å². The third-order valence-corrected chi connectivity index (χ3v) is 8.39. The van der Waals surface area contributed by atoms with Crippen LogP contribution in [0.5, 0.6) is 0 Å². The first-order valence-corrected chi connectivity index (χ1v) is 14.7. The number of sulfonamides is 1. The van der Waals surface area contributed by atoms with Crippen molar-refractivity contribution >= 4 is 27.3 Å². The molecule has 1 aliphatic rings. The second-order valence-electron chi connectivity index (χ2n) is 9.42. The van der Waals surface area contributed by atoms with Crippen LogP contribution in [0, 0.1) is 11.6 Å². The fourth-order valence-corrected chi connectivity index (χ4v) is 5.86. The van der Waals surface area contributed by atoms with Gasteiger partial charge in [-0.15, -0.1) is 11.3 Å². The molecule has 5 aromatic rings. The fourth-order valence-electron chi connectivity index (χ4n) is 4.58. The summed E-state index contributed by atoms with van der Waals surface area (Å²) >= 11 is 1.13. The Morgan fingerprint density at radius 3 is 2.29 bits per heavy atom. The van der Waals surface area contributed by atoms with Gasteiger partial charge in [-0.2, -0.15) is 5.10 Å². The minimum absolute atomic E-state index is 0.0206. The SMILES string of the molecule is NS(=O)(=O)c1ccc(Cc2c(-c3ccc(F)c(-c4ccc(F)cc4)c3)nn(-c3nc(C(=O)O)cs3)c2C2C=C2)cc1. The first-order chi connectivity index (χ1) is 19.6. The number of hydrogen-bond acceptors (Lipinski definition) is 6. The van der Waals surface area contributed by atoms with Gasteiger partial charge in [-0.25, -0.2) is 36.8 Å². The highest BCUT2D eigenvalue weighted by molar-refractivity contribution is 7.89. The molecule has 0 unspecified atom stereocenters. The molecule has 0 radical (unpaired) electrons. The predicted molar refractivity (Wildman–Crippen MR) is 149 cm³/mol. The molecule has 8 nitrogen and oxygen atoms in total. The van der Waals surface area contributed by atoms with Crippen molar-refractivity contribution in [3.63, 3.8) is 0 Å². The van der Waals surface area contributed by atoms with Crippen LogP contribution in [-0.2, 0) is 16.4 Å². The first kappa shape index (κ1) is 26.7. The number of aromatic nitrogens is 3. The Kier molecular flexibility index (Phi) is 6.60. The van der Waals surface area contributed by atoms with Crippen molar-refractivity contribution in [1.29, 1.82) is 0 Å². The molecule has 0 saturated carbocycles. The van der Waals surface area contributed by atoms with E-state index in [4.69, 9.17) is 10.2 Å². The van der Waals surface area contributed by atoms with Gasteiger partial charge in [0, 0.05) is 34.4 Å². The molecule has 0 aliphatic heterocycles. The van der Waals surface area contributed by atoms with Crippen LogP contribution >= 0.6 is 11.3 Å². The molecule has 0 spiro atoms. The number of thiazole rings is 1. The molecule has 1 aliphatic carbocycles. The van der Waals surface area contributed by atoms with Gasteiger partial charge in [0.25, 0.3) is 0 Å². The second kappa shape index (κ2) is 10.1. The van der Waals surface area contributed by atoms with Crippen LogP contribution in [0.1, 0.15) is 33.2 Å². The van der Waals surface area contributed by atoms with Crippen molar-refractivity contribution in [3.05, 3.63) is 118 Å². The van der Waals surface area contributed by atoms with E-state index in [-0.39, 0.29) is 22.1 Å². The monoisotopic (exact) mass is 590 g/mol. The standard InChI is InChI=1S/C29H20F2N4O4S2/c30-20-8-5-17(6-9-20)22-14-19(7-12-24(22)31)26-23(13-16-1-10-21(11-2-16)41(32,38)39)27(18-3-4-18)35(34-26)29-33-25(15-40-29)28(36)37/h1-12,14-15,18H,13H2,(H,36,37)(H2,32,38,39). The summed E-state index contributed by atoms with van der Waals surface area (Å²) in [4.78, 5) is 15.8. The Balaban J connectivity index is 1.53. The third-order valence-electron chi connectivity index (χ3n) is 6.64. The van der Waals surface area contributed by atoms with Crippen molar-refractivity contribution in [2.24, 2.45) is 5.14 Å². The summed E-state index contributed by atoms with van der Waals surface area (Å²) in [5.41, 5.74) is 4.02. The fraction of sp³-hybridized carbons (Fsp3) is 0.0690. The quantitative estimate of drug-likeness (QED) is 0.229. The van der Waals surface area contributed by atoms with E-state index in [0.717, 1.165) is 28.2 Å². The highest BCUT2D eigenvalue weighted by Gasteiger charge is 2.30. The van der Waals surface area contributed by atoms with Crippen molar-refractivity contribution in [2.75, 3.05) is 0 Å². The van der Waals surface area contributed by atoms with Gasteiger partial charge in [-0.05, 0) is 53.6 Å². The molecular formula is C29H20F2N4O4S2. The van der Waals surface area contributed by atoms with E-state index in [9.17, 15) is 27.1 Å². The molecule has 0 saturated heterocycles. The van der Waals surface area contributed by atoms with Gasteiger partial charge in [0.2, 0.25) is 15.2 Å². The Morgan fingerprint density at radius 2 is 1.68 bits per heavy atom. The summed E-state index contributed by atoms with van der Waals surface area (Å²) < 4.78 is 53.6. The zero-order valence-corrected chi connectivity index (χ0v) is 22.7. The predicted octanol–water partition coefficient (Wildman–Crippen LogP) is 5.53. The summed E-state index contributed by atoms with van der Waals surface area (Å²) in [6.07, 6.45) is 4.25. The topological polar surface area (TPSA) is 128 Å². The first-order valence-electron chi connectivity index (χ1n) is 12.3. The molecule has 3 aromatic carbocycles. The van der Waals surface area contributed by atoms with E-state index in [1.807, 2.05) is 12.2 Å². The van der Waals surface area contributed by atoms with Crippen molar-refractivity contribution < 1.29 is 27.1 Å². The number of nitrogens with zero attached hydrogens (tertiary/aromatic N) is 3. The number of carboxylic acid groups (broad SMARTS) is 1. The molecule has 41 heavy (non-hydrogen) atoms. The van der Waals surface area contributed by atoms with E-state index >= 15 is 0 Å². The molecule has 206 valence electrons. The van der Waals surface area contributed by atoms with Crippen LogP contribution in [-0.4, -0.2) is 34.3 Å². The summed E-state index contributed by atoms with van der Waals surface area (Å²) in [6.45, 7) is 0. The van der Waals surface area contributed by atoms with E-state index in [1.54, 1.807) is 28.9 Å². The number of benzene rings is 3. The second-order valence-corrected chi connectivity index (χ2v) is 11.8. The maximum absolute atomic E-state index is 15.0. The number of primary sulfonamides is 1. The lowest BCUT2D eigenvalue weighted by atomic mass is 9.95. The maximum atomic E-state index is 15.0. The van der Waals surface area contributed by atoms with Gasteiger partial charge >= 0.3 is 5.97 Å². The molecule has 2 heterocycles. The minimum atomic E-state index is -3.87. The highest BCUT2D eigenvalue weighted by Crippen LogP contribution is 2.41. The molecule has 6 rings (SSSR count). The Hall–Kier alpha value is -4.52. The van der Waals surface area contributed by atoms with Gasteiger partial charge in [0.15, 0.2) is 5.69 Å². The van der Waals surface area contributed by atoms with Crippen LogP contribution in [0.25, 0.3) is 27.5 Å². The number of allylic oxidation sites excluding steroid dienone is 2. The zero-order valence-electron chi connectivity index (χ0n) is 21.0. The van der Waals surface area contributed by atoms with Gasteiger partial charge in [0.1, 0.15) is 11.6 Å². The average molecular weight is 591 g/mol. The lowest BCUT2D eigenvalue weighted by Crippen LogP contribution is -2.12. The molecule has 3 N–H and O–H groups in total. The highest BCUT2D eigenvalue weighted by atomic mass is 32.2. The normalized spacial score (nSPS) is 13.0. The van der Waals surface area contributed by atoms with E-state index in [0.29, 0.717) is 28.4 Å². The van der Waals surface area contributed by atoms with Gasteiger partial charge in [-0.1, -0.05) is 36.4 Å². The minimum Gasteiger partial charge on any atom is -0.476 e. The molecule has 0 fully saturated rings. The summed E-state index contributed by atoms with van der Waals surface area (Å²) in [5, 5.41) is 21.3. The van der Waals surface area contributed by atoms with Gasteiger partial charge < -0.3 is 5.11 Å². The van der Waals surface area contributed by atoms with Crippen LogP contribution in [0.3, 0.4) is 0 Å². The number of halogens is 2. The Morgan fingerprint density at radius 1 is 1.00 bits per heavy atom. The van der Waals surface area contributed by atoms with E-state index < -0.39 is 27.6 Å². The summed E-state index contributed by atoms with van der Waals surface area (Å²) in [5.74, 6) is -2.19. The third kappa shape index (κ3) is 5.32. The van der Waals surface area contributed by atoms with Crippen molar-refractivity contribution in [3.8, 4) is 27.5 Å². The van der Waals surface area contributed by atoms with Crippen LogP contribution < -0.4 is 5.14 Å². The van der Waals surface area contributed by atoms with Crippen molar-refractivity contribution in [2.45, 2.75) is 17.2 Å². The largest absolute Gasteiger partial charge is 0.476 e. The zero-order chi connectivity index (χ0) is 28.9. The number of hydrogen-bond donors (Lipinski definition) is 2. The number of aromatic carboxylic acids is 1. The van der Waals surface area contributed by atoms with Gasteiger partial charge in [-0.3, -0.25) is 0 Å². The summed E-state index contributed by atoms with van der Waals surface area (Å²) in [7, 11) is -3.87. The van der Waals surface area contributed by atoms with Gasteiger partial charge in [0.05, 0.1) is 16.3 Å².